The zero-order chi connectivity index (χ0) is 14.4. The predicted octanol–water partition coefficient (Wildman–Crippen LogP) is 3.13. The van der Waals surface area contributed by atoms with Gasteiger partial charge in [0.2, 0.25) is 0 Å². The van der Waals surface area contributed by atoms with Gasteiger partial charge in [-0.25, -0.2) is 14.4 Å². The van der Waals surface area contributed by atoms with Crippen LogP contribution in [0.2, 0.25) is 5.02 Å². The number of fused-ring (bicyclic) bond motifs is 2. The van der Waals surface area contributed by atoms with Crippen LogP contribution in [0, 0.1) is 5.82 Å². The molecular weight excluding hydrogens is 293 g/mol. The van der Waals surface area contributed by atoms with Gasteiger partial charge in [0.15, 0.2) is 17.3 Å². The first kappa shape index (κ1) is 12.2. The second kappa shape index (κ2) is 4.46. The summed E-state index contributed by atoms with van der Waals surface area (Å²) in [6.45, 7) is 0. The first-order valence-corrected chi connectivity index (χ1v) is 6.50. The summed E-state index contributed by atoms with van der Waals surface area (Å²) in [6.07, 6.45) is 4.79. The van der Waals surface area contributed by atoms with Gasteiger partial charge in [0.05, 0.1) is 5.52 Å². The Kier molecular flexibility index (Phi) is 2.58. The van der Waals surface area contributed by atoms with Gasteiger partial charge in [-0.3, -0.25) is 4.40 Å². The summed E-state index contributed by atoms with van der Waals surface area (Å²) in [6, 6.07) is 6.69. The lowest BCUT2D eigenvalue weighted by atomic mass is 10.2. The molecule has 0 aliphatic carbocycles. The van der Waals surface area contributed by atoms with E-state index in [1.807, 2.05) is 0 Å². The molecule has 0 aliphatic heterocycles. The van der Waals surface area contributed by atoms with Gasteiger partial charge < -0.3 is 0 Å². The number of hydrogen-bond acceptors (Lipinski definition) is 4. The van der Waals surface area contributed by atoms with Crippen LogP contribution in [0.4, 0.5) is 4.39 Å². The van der Waals surface area contributed by atoms with Crippen LogP contribution in [0.15, 0.2) is 43.0 Å². The minimum atomic E-state index is -0.468. The molecule has 0 bridgehead atoms. The monoisotopic (exact) mass is 299 g/mol. The molecule has 0 radical (unpaired) electrons. The number of halogens is 2. The summed E-state index contributed by atoms with van der Waals surface area (Å²) in [5.41, 5.74) is 1.47. The molecule has 4 aromatic rings. The van der Waals surface area contributed by atoms with E-state index in [9.17, 15) is 4.39 Å². The van der Waals surface area contributed by atoms with E-state index in [1.54, 1.807) is 30.6 Å². The molecule has 102 valence electrons. The zero-order valence-corrected chi connectivity index (χ0v) is 11.3. The van der Waals surface area contributed by atoms with E-state index >= 15 is 0 Å². The fraction of sp³-hybridized carbons (Fsp3) is 0. The second-order valence-electron chi connectivity index (χ2n) is 4.54. The van der Waals surface area contributed by atoms with Gasteiger partial charge in [0, 0.05) is 28.4 Å². The summed E-state index contributed by atoms with van der Waals surface area (Å²) in [7, 11) is 0. The lowest BCUT2D eigenvalue weighted by Gasteiger charge is -2.04. The highest BCUT2D eigenvalue weighted by atomic mass is 35.5. The Labute approximate surface area is 123 Å². The van der Waals surface area contributed by atoms with E-state index < -0.39 is 5.82 Å². The smallest absolute Gasteiger partial charge is 0.196 e. The first-order valence-electron chi connectivity index (χ1n) is 6.12. The van der Waals surface area contributed by atoms with Crippen molar-refractivity contribution in [3.63, 3.8) is 0 Å². The highest BCUT2D eigenvalue weighted by Crippen LogP contribution is 2.22. The second-order valence-corrected chi connectivity index (χ2v) is 4.97. The van der Waals surface area contributed by atoms with Crippen molar-refractivity contribution in [1.29, 1.82) is 0 Å². The molecule has 0 N–H and O–H groups in total. The molecule has 1 aromatic carbocycles. The molecule has 5 nitrogen and oxygen atoms in total. The molecule has 0 saturated carbocycles. The topological polar surface area (TPSA) is 56.0 Å². The van der Waals surface area contributed by atoms with Gasteiger partial charge >= 0.3 is 0 Å². The molecule has 0 fully saturated rings. The Hall–Kier alpha value is -2.60. The number of aromatic nitrogens is 5. The van der Waals surface area contributed by atoms with E-state index in [4.69, 9.17) is 11.6 Å². The Morgan fingerprint density at radius 1 is 1.19 bits per heavy atom. The van der Waals surface area contributed by atoms with Crippen LogP contribution in [0.5, 0.6) is 0 Å². The first-order chi connectivity index (χ1) is 10.2. The van der Waals surface area contributed by atoms with Crippen molar-refractivity contribution in [2.24, 2.45) is 0 Å². The summed E-state index contributed by atoms with van der Waals surface area (Å²) in [5.74, 6) is -0.0378. The molecule has 0 amide bonds. The minimum absolute atomic E-state index is 0.173. The van der Waals surface area contributed by atoms with Crippen LogP contribution in [-0.4, -0.2) is 24.6 Å². The highest BCUT2D eigenvalue weighted by Gasteiger charge is 2.10. The fourth-order valence-corrected chi connectivity index (χ4v) is 2.34. The quantitative estimate of drug-likeness (QED) is 0.542. The van der Waals surface area contributed by atoms with Crippen LogP contribution in [0.3, 0.4) is 0 Å². The van der Waals surface area contributed by atoms with Gasteiger partial charge in [0.1, 0.15) is 6.33 Å². The lowest BCUT2D eigenvalue weighted by molar-refractivity contribution is 0.630. The maximum atomic E-state index is 13.9. The van der Waals surface area contributed by atoms with Crippen LogP contribution >= 0.6 is 11.6 Å². The van der Waals surface area contributed by atoms with Crippen molar-refractivity contribution in [3.8, 4) is 11.4 Å². The van der Waals surface area contributed by atoms with Crippen molar-refractivity contribution in [3.05, 3.63) is 53.8 Å². The average Bonchev–Trinajstić information content (AvgIpc) is 2.95. The third-order valence-electron chi connectivity index (χ3n) is 3.15. The molecule has 0 atom stereocenters. The molecule has 0 spiro atoms. The summed E-state index contributed by atoms with van der Waals surface area (Å²) < 4.78 is 15.4. The van der Waals surface area contributed by atoms with Crippen molar-refractivity contribution < 1.29 is 4.39 Å². The summed E-state index contributed by atoms with van der Waals surface area (Å²) in [5, 5.41) is 8.82. The molecule has 3 aromatic heterocycles. The zero-order valence-electron chi connectivity index (χ0n) is 10.5. The molecule has 0 unspecified atom stereocenters. The molecule has 3 heterocycles. The van der Waals surface area contributed by atoms with E-state index in [0.29, 0.717) is 16.4 Å². The van der Waals surface area contributed by atoms with Crippen LogP contribution in [0.25, 0.3) is 27.9 Å². The standard InChI is InChI=1S/C14H7ClFN5/c15-10-1-2-12-8(3-10)5-17-13(19-12)9-4-11(16)14-20-18-7-21(14)6-9/h1-7H. The number of benzene rings is 1. The molecule has 7 heteroatoms. The van der Waals surface area contributed by atoms with Crippen molar-refractivity contribution in [2.45, 2.75) is 0 Å². The molecule has 0 saturated heterocycles. The van der Waals surface area contributed by atoms with Crippen molar-refractivity contribution in [1.82, 2.24) is 24.6 Å². The largest absolute Gasteiger partial charge is 0.286 e. The SMILES string of the molecule is Fc1cc(-c2ncc3cc(Cl)ccc3n2)cn2cnnc12. The van der Waals surface area contributed by atoms with Gasteiger partial charge in [-0.15, -0.1) is 10.2 Å². The predicted molar refractivity (Wildman–Crippen MR) is 76.5 cm³/mol. The average molecular weight is 300 g/mol. The van der Waals surface area contributed by atoms with Crippen LogP contribution in [-0.2, 0) is 0 Å². The third kappa shape index (κ3) is 2.00. The van der Waals surface area contributed by atoms with Gasteiger partial charge in [-0.1, -0.05) is 11.6 Å². The lowest BCUT2D eigenvalue weighted by Crippen LogP contribution is -1.95. The van der Waals surface area contributed by atoms with E-state index in [-0.39, 0.29) is 5.65 Å². The van der Waals surface area contributed by atoms with E-state index in [0.717, 1.165) is 10.9 Å². The van der Waals surface area contributed by atoms with E-state index in [1.165, 1.54) is 16.8 Å². The van der Waals surface area contributed by atoms with Crippen LogP contribution in [0.1, 0.15) is 0 Å². The van der Waals surface area contributed by atoms with Crippen molar-refractivity contribution >= 4 is 28.2 Å². The molecule has 0 aliphatic rings. The minimum Gasteiger partial charge on any atom is -0.286 e. The number of nitrogens with zero attached hydrogens (tertiary/aromatic N) is 5. The normalized spacial score (nSPS) is 11.3. The van der Waals surface area contributed by atoms with Crippen LogP contribution < -0.4 is 0 Å². The Morgan fingerprint density at radius 2 is 2.10 bits per heavy atom. The van der Waals surface area contributed by atoms with Gasteiger partial charge in [-0.05, 0) is 24.3 Å². The Bertz CT molecular complexity index is 982. The maximum Gasteiger partial charge on any atom is 0.196 e. The number of rotatable bonds is 1. The fourth-order valence-electron chi connectivity index (χ4n) is 2.16. The van der Waals surface area contributed by atoms with Crippen molar-refractivity contribution in [2.75, 3.05) is 0 Å². The Balaban J connectivity index is 1.93. The van der Waals surface area contributed by atoms with Gasteiger partial charge in [-0.2, -0.15) is 0 Å². The number of pyridine rings is 1. The summed E-state index contributed by atoms with van der Waals surface area (Å²) in [4.78, 5) is 8.69. The Morgan fingerprint density at radius 3 is 3.00 bits per heavy atom. The third-order valence-corrected chi connectivity index (χ3v) is 3.38. The summed E-state index contributed by atoms with van der Waals surface area (Å²) >= 11 is 5.93. The van der Waals surface area contributed by atoms with E-state index in [2.05, 4.69) is 20.2 Å². The molecular formula is C14H7ClFN5. The molecule has 4 rings (SSSR count). The van der Waals surface area contributed by atoms with Gasteiger partial charge in [0.25, 0.3) is 0 Å². The maximum absolute atomic E-state index is 13.9. The number of hydrogen-bond donors (Lipinski definition) is 0. The molecule has 21 heavy (non-hydrogen) atoms. The highest BCUT2D eigenvalue weighted by molar-refractivity contribution is 6.31.